The zero-order valence-electron chi connectivity index (χ0n) is 3.80. The van der Waals surface area contributed by atoms with Crippen molar-refractivity contribution in [3.63, 3.8) is 0 Å². The van der Waals surface area contributed by atoms with Gasteiger partial charge in [0.2, 0.25) is 0 Å². The fourth-order valence-corrected chi connectivity index (χ4v) is 0. The van der Waals surface area contributed by atoms with E-state index in [-0.39, 0.29) is 8.87 Å². The van der Waals surface area contributed by atoms with Crippen LogP contribution in [-0.4, -0.2) is 2.56 Å². The van der Waals surface area contributed by atoms with Crippen molar-refractivity contribution in [1.29, 1.82) is 2.56 Å². The smallest absolute Gasteiger partial charge is 0.0725 e. The lowest BCUT2D eigenvalue weighted by atomic mass is 29.5. The van der Waals surface area contributed by atoms with Gasteiger partial charge in [0.05, 0.1) is 2.56 Å². The molecule has 0 aromatic heterocycles. The van der Waals surface area contributed by atoms with Gasteiger partial charge in [-0.2, -0.15) is 0 Å². The topological polar surface area (TPSA) is 0 Å². The first kappa shape index (κ1) is 2.54. The second-order valence-electron chi connectivity index (χ2n) is 0.182. The van der Waals surface area contributed by atoms with Gasteiger partial charge < -0.3 is 0 Å². The molecule has 0 heterocycles. The molecule has 0 aliphatic heterocycles. The van der Waals surface area contributed by atoms with E-state index < -0.39 is 7.90 Å². The van der Waals surface area contributed by atoms with Crippen LogP contribution in [0, 0.1) is 0 Å². The normalized spacial score (nSPS) is 26.0. The largest absolute Gasteiger partial charge is 0.105 e. The zero-order chi connectivity index (χ0) is 4.99. The minimum absolute atomic E-state index is 0.00347. The summed E-state index contributed by atoms with van der Waals surface area (Å²) < 4.78 is 13.4. The van der Waals surface area contributed by atoms with Gasteiger partial charge in [-0.25, -0.2) is 0 Å². The van der Waals surface area contributed by atoms with Crippen LogP contribution in [-0.2, 0) is 11.8 Å². The van der Waals surface area contributed by atoms with Crippen molar-refractivity contribution in [2.24, 2.45) is 0 Å². The lowest BCUT2D eigenvalue weighted by Crippen LogP contribution is -0.770. The first-order chi connectivity index (χ1) is 2.81. The average molecular weight is 130 g/mol. The monoisotopic (exact) mass is 130 g/mol. The molecule has 0 aliphatic rings. The fraction of sp³-hybridized carbons (Fsp3) is 0. The van der Waals surface area contributed by atoms with Crippen molar-refractivity contribution in [2.45, 2.75) is 0 Å². The summed E-state index contributed by atoms with van der Waals surface area (Å²) in [4.78, 5) is 0. The van der Waals surface area contributed by atoms with E-state index in [1.807, 2.05) is 0 Å². The molecule has 2 atom stereocenters. The Hall–Kier alpha value is 1.38. The van der Waals surface area contributed by atoms with E-state index in [2.05, 4.69) is 11.8 Å². The molecular formula is H3P3S. The van der Waals surface area contributed by atoms with Gasteiger partial charge in [0, 0.05) is 7.04 Å². The van der Waals surface area contributed by atoms with Crippen LogP contribution in [0.5, 0.6) is 0 Å². The summed E-state index contributed by atoms with van der Waals surface area (Å²) in [5, 5.41) is 0. The molecule has 0 bridgehead atoms. The standard InChI is InChI=1S/H3P3S/c1-2-3-4/h2H,1H2/i1D,2D. The molecule has 0 nitrogen and oxygen atoms in total. The van der Waals surface area contributed by atoms with E-state index in [9.17, 15) is 0 Å². The van der Waals surface area contributed by atoms with Crippen molar-refractivity contribution in [1.82, 2.24) is 0 Å². The van der Waals surface area contributed by atoms with E-state index in [1.54, 1.807) is 0 Å². The third-order valence-corrected chi connectivity index (χ3v) is 3.31. The van der Waals surface area contributed by atoms with Gasteiger partial charge in [0.15, 0.2) is 0 Å². The molecule has 24 valence electrons. The highest BCUT2D eigenvalue weighted by molar-refractivity contribution is 8.47. The summed E-state index contributed by atoms with van der Waals surface area (Å²) in [5.74, 6) is 0. The summed E-state index contributed by atoms with van der Waals surface area (Å²) in [5.41, 5.74) is 0. The number of rotatable bonds is 2. The van der Waals surface area contributed by atoms with Crippen LogP contribution in [0.3, 0.4) is 0 Å². The van der Waals surface area contributed by atoms with Crippen molar-refractivity contribution >= 4 is 35.6 Å². The number of hydrogen-bond acceptors (Lipinski definition) is 1. The predicted molar refractivity (Wildman–Crippen MR) is 32.3 cm³/mol. The molecule has 2 unspecified atom stereocenters. The second-order valence-corrected chi connectivity index (χ2v) is 4.90. The molecule has 0 aromatic carbocycles. The first-order valence-electron chi connectivity index (χ1n) is 1.55. The van der Waals surface area contributed by atoms with Crippen molar-refractivity contribution in [3.8, 4) is 0 Å². The van der Waals surface area contributed by atoms with Gasteiger partial charge in [-0.15, -0.1) is 8.87 Å². The average Bonchev–Trinajstić information content (AvgIpc) is 1.65. The van der Waals surface area contributed by atoms with Crippen LogP contribution < -0.4 is 0 Å². The summed E-state index contributed by atoms with van der Waals surface area (Å²) in [6.45, 7) is 0. The summed E-state index contributed by atoms with van der Waals surface area (Å²) in [7, 11) is -0.180. The van der Waals surface area contributed by atoms with E-state index in [1.165, 1.54) is 0 Å². The van der Waals surface area contributed by atoms with Gasteiger partial charge in [0.1, 0.15) is 0 Å². The molecule has 4 heavy (non-hydrogen) atoms. The van der Waals surface area contributed by atoms with E-state index >= 15 is 0 Å². The summed E-state index contributed by atoms with van der Waals surface area (Å²) >= 11 is 4.47. The Morgan fingerprint density at radius 3 is 3.50 bits per heavy atom. The van der Waals surface area contributed by atoms with E-state index in [0.29, 0.717) is 7.04 Å². The molecule has 4 heteroatoms. The molecule has 0 amide bonds. The Labute approximate surface area is 38.9 Å². The minimum atomic E-state index is -0.845. The third-order valence-electron chi connectivity index (χ3n) is 0.0408. The van der Waals surface area contributed by atoms with Gasteiger partial charge in [-0.1, -0.05) is 11.8 Å². The molecule has 0 saturated carbocycles. The lowest BCUT2D eigenvalue weighted by Gasteiger charge is -1.55. The van der Waals surface area contributed by atoms with Gasteiger partial charge in [-0.05, 0) is 7.90 Å². The highest BCUT2D eigenvalue weighted by Crippen LogP contribution is 2.34. The quantitative estimate of drug-likeness (QED) is 0.513. The Bertz CT molecular complexity index is 46.1. The predicted octanol–water partition coefficient (Wildman–Crippen LogP) is 1.78. The molecule has 0 saturated heterocycles. The van der Waals surface area contributed by atoms with E-state index in [4.69, 9.17) is 2.56 Å². The molecule has 0 aliphatic carbocycles. The third kappa shape index (κ3) is 3.38. The van der Waals surface area contributed by atoms with Crippen LogP contribution in [0.1, 0.15) is 0 Å². The first-order valence-corrected chi connectivity index (χ1v) is 5.46. The van der Waals surface area contributed by atoms with Crippen molar-refractivity contribution in [3.05, 3.63) is 0 Å². The van der Waals surface area contributed by atoms with Crippen molar-refractivity contribution in [2.75, 3.05) is 0 Å². The maximum absolute atomic E-state index is 6.84. The molecule has 0 N–H and O–H groups in total. The van der Waals surface area contributed by atoms with Crippen LogP contribution in [0.2, 0.25) is 0 Å². The van der Waals surface area contributed by atoms with Crippen LogP contribution in [0.15, 0.2) is 0 Å². The SMILES string of the molecule is [2H]PP([2H])P=S. The molecule has 0 spiro atoms. The Morgan fingerprint density at radius 2 is 3.50 bits per heavy atom. The minimum Gasteiger partial charge on any atom is -0.105 e. The highest BCUT2D eigenvalue weighted by atomic mass is 32.7. The molecule has 0 aromatic rings. The molecule has 0 rings (SSSR count). The maximum Gasteiger partial charge on any atom is 0.0725 e. The maximum atomic E-state index is 6.84. The highest BCUT2D eigenvalue weighted by Gasteiger charge is 1.47. The van der Waals surface area contributed by atoms with Gasteiger partial charge in [0.25, 0.3) is 0 Å². The van der Waals surface area contributed by atoms with Crippen molar-refractivity contribution < 1.29 is 0 Å². The molecule has 0 fully saturated rings. The van der Waals surface area contributed by atoms with E-state index in [0.717, 1.165) is 0 Å². The zero-order valence-corrected chi connectivity index (χ0v) is 5.41. The summed E-state index contributed by atoms with van der Waals surface area (Å²) in [6.07, 6.45) is 0. The number of hydrogen-bond donors (Lipinski definition) is 0. The Kier molecular flexibility index (Phi) is 2.78. The summed E-state index contributed by atoms with van der Waals surface area (Å²) in [6, 6.07) is 0. The van der Waals surface area contributed by atoms with Crippen LogP contribution >= 0.6 is 23.8 Å². The molecular weight excluding hydrogens is 125 g/mol. The molecule has 0 radical (unpaired) electrons. The van der Waals surface area contributed by atoms with Crippen LogP contribution in [0.25, 0.3) is 0 Å². The Morgan fingerprint density at radius 1 is 2.75 bits per heavy atom. The Balaban J connectivity index is 2.96. The van der Waals surface area contributed by atoms with Gasteiger partial charge in [-0.3, -0.25) is 0 Å². The second kappa shape index (κ2) is 4.38. The van der Waals surface area contributed by atoms with Gasteiger partial charge >= 0.3 is 0 Å². The lowest BCUT2D eigenvalue weighted by molar-refractivity contribution is 5.43. The van der Waals surface area contributed by atoms with Crippen LogP contribution in [0.4, 0.5) is 0 Å². The fourth-order valence-electron chi connectivity index (χ4n) is 0.